The second-order valence-corrected chi connectivity index (χ2v) is 35.2. The molecule has 130 heavy (non-hydrogen) atoms. The zero-order valence-electron chi connectivity index (χ0n) is 76.3. The summed E-state index contributed by atoms with van der Waals surface area (Å²) >= 11 is 0. The smallest absolute Gasteiger partial charge is 0.329 e. The summed E-state index contributed by atoms with van der Waals surface area (Å²) in [4.78, 5) is 113. The number of aliphatic hydroxyl groups is 3. The molecule has 6 aromatic rings. The van der Waals surface area contributed by atoms with Crippen molar-refractivity contribution in [2.75, 3.05) is 136 Å². The maximum absolute atomic E-state index is 14.8. The average Bonchev–Trinajstić information content (AvgIpc) is 0.917. The fourth-order valence-corrected chi connectivity index (χ4v) is 17.7. The number of cyclic esters (lactones) is 1. The number of aryl methyl sites for hydroxylation is 1. The van der Waals surface area contributed by atoms with E-state index in [1.165, 1.54) is 19.3 Å². The number of allylic oxidation sites excluding steroid dienone is 6. The molecule has 12 N–H and O–H groups in total. The van der Waals surface area contributed by atoms with Crippen molar-refractivity contribution in [1.29, 1.82) is 0 Å². The van der Waals surface area contributed by atoms with Gasteiger partial charge in [0.2, 0.25) is 17.6 Å². The Balaban J connectivity index is 0.535. The standard InChI is InChI=1S/C94H133N17O19/c1-59-17-10-9-11-18-60(2)78(121-7)51-71-25-22-64(6)94(120,130-71)87(117)90(118)110-30-14-12-21-74(110)91(119)128-79(52-75(112)61(3)46-63(5)85(115)86(116)84(114)62(4)45-59)72(95)48-65-23-26-77(80(49-65)122-8)127-57-66-19-16-20-67(47-66)69-53-99-93(100-54-69)108-34-32-107(33-35-108)55-70-56-109(106-104-70)36-38-124-40-42-126-44-43-125-41-39-123-37-28-81(113)98-29-13-15-31-111-89-82(88(96)101-58-102-89)83(105-111)68-24-27-76-73(50-68)103-92(97)129-76/h9-11,16-20,24,27,46-47,50,53-54,56,58-59,61-62,64-65,71-72,74,77-80,85-86,104,106,115-116,120H,12-15,21-23,25-26,28-45,48-49,51-52,55,57,95H2,1-8H3,(H2,97,103)(H,98,113)(H2,96,101,102)/b11-9?,17-10+,60-18?,63-46+/t59?,61?,62?,64-,65?,71+,72-,74?,77?,78?,79?,80-,85?,86+,94-/m1/s1. The largest absolute Gasteiger partial charge is 0.459 e. The SMILES string of the molecule is COC1C[C@@H]2CC[C@@H](C)[C@@](O)(O2)C(=O)C(=O)N2CCCCC2C(=O)OC([C@H](N)CC2CCC(OCc3cccc(-c4cnc(N5CCN(CC6=CN(CCOCCOCCOCCOCCC(=O)NCCCCn7nc(-c8ccc9oc(N)nc9c8)c8c(N)ncnc87)NN6)CC5)nc4)c3)[C@H](OC)C2)CC(=O)C(C)/C=C(\C)C(O)[C@@H](O)C(=O)C(C)CC(C)/C=C/C=CC=C1C. The lowest BCUT2D eigenvalue weighted by atomic mass is 9.80. The minimum atomic E-state index is -2.50. The number of benzene rings is 2. The molecular weight excluding hydrogens is 1670 g/mol. The van der Waals surface area contributed by atoms with Gasteiger partial charge in [0, 0.05) is 139 Å². The van der Waals surface area contributed by atoms with E-state index in [4.69, 9.17) is 79.3 Å². The van der Waals surface area contributed by atoms with Crippen LogP contribution < -0.4 is 38.4 Å². The number of fused-ring (bicyclic) bond motifs is 5. The third-order valence-corrected chi connectivity index (χ3v) is 25.5. The lowest BCUT2D eigenvalue weighted by Crippen LogP contribution is -2.61. The number of carbonyl (C=O) groups is 6. The first kappa shape index (κ1) is 99.1. The number of piperazine rings is 1. The first-order valence-corrected chi connectivity index (χ1v) is 45.8. The fourth-order valence-electron chi connectivity index (χ4n) is 17.7. The molecule has 15 atom stereocenters. The number of hydrazine groups is 2. The molecule has 0 spiro atoms. The van der Waals surface area contributed by atoms with Crippen molar-refractivity contribution in [2.45, 2.75) is 212 Å². The summed E-state index contributed by atoms with van der Waals surface area (Å²) in [6.07, 6.45) is 17.9. The summed E-state index contributed by atoms with van der Waals surface area (Å²) in [6.45, 7) is 19.5. The first-order chi connectivity index (χ1) is 62.7. The molecule has 0 radical (unpaired) electrons. The number of ether oxygens (including phenoxy) is 9. The third-order valence-electron chi connectivity index (χ3n) is 25.5. The number of hydrogen-bond acceptors (Lipinski definition) is 33. The maximum atomic E-state index is 14.8. The van der Waals surface area contributed by atoms with Crippen LogP contribution in [0.1, 0.15) is 143 Å². The van der Waals surface area contributed by atoms with Crippen LogP contribution in [-0.4, -0.2) is 280 Å². The van der Waals surface area contributed by atoms with E-state index in [0.29, 0.717) is 170 Å². The predicted octanol–water partition coefficient (Wildman–Crippen LogP) is 7.35. The molecule has 2 aromatic carbocycles. The number of nitrogens with one attached hydrogen (secondary N) is 3. The summed E-state index contributed by atoms with van der Waals surface area (Å²) in [6, 6.07) is 11.5. The average molecular weight is 1810 g/mol. The topological polar surface area (TPSA) is 469 Å². The molecule has 4 aromatic heterocycles. The van der Waals surface area contributed by atoms with Crippen LogP contribution >= 0.6 is 0 Å². The monoisotopic (exact) mass is 1800 g/mol. The number of piperidine rings is 1. The van der Waals surface area contributed by atoms with Gasteiger partial charge in [0.1, 0.15) is 53.5 Å². The van der Waals surface area contributed by atoms with E-state index in [0.717, 1.165) is 84.0 Å². The highest BCUT2D eigenvalue weighted by molar-refractivity contribution is 6.39. The lowest BCUT2D eigenvalue weighted by Gasteiger charge is -2.42. The van der Waals surface area contributed by atoms with Gasteiger partial charge < -0.3 is 100 Å². The zero-order valence-corrected chi connectivity index (χ0v) is 76.3. The van der Waals surface area contributed by atoms with Crippen molar-refractivity contribution in [3.05, 3.63) is 126 Å². The van der Waals surface area contributed by atoms with Gasteiger partial charge >= 0.3 is 5.97 Å². The number of nitrogens with zero attached hydrogens (tertiary/aromatic N) is 11. The Kier molecular flexibility index (Phi) is 37.0. The van der Waals surface area contributed by atoms with E-state index in [9.17, 15) is 44.1 Å². The van der Waals surface area contributed by atoms with E-state index in [2.05, 4.69) is 53.3 Å². The molecule has 1 aliphatic carbocycles. The Labute approximate surface area is 759 Å². The Morgan fingerprint density at radius 2 is 1.51 bits per heavy atom. The number of aromatic nitrogens is 7. The number of unbranched alkanes of at least 4 members (excludes halogenated alkanes) is 1. The van der Waals surface area contributed by atoms with Crippen LogP contribution in [0.2, 0.25) is 0 Å². The highest BCUT2D eigenvalue weighted by atomic mass is 16.6. The first-order valence-electron chi connectivity index (χ1n) is 45.8. The third kappa shape index (κ3) is 27.2. The molecular formula is C94H133N17O19. The molecule has 708 valence electrons. The number of rotatable bonds is 33. The van der Waals surface area contributed by atoms with Crippen molar-refractivity contribution in [3.8, 4) is 22.4 Å². The number of oxazole rings is 1. The molecule has 9 heterocycles. The number of esters is 1. The van der Waals surface area contributed by atoms with Crippen LogP contribution in [0.15, 0.2) is 125 Å². The summed E-state index contributed by atoms with van der Waals surface area (Å²) < 4.78 is 61.2. The zero-order chi connectivity index (χ0) is 92.4. The number of Topliss-reactive ketones (excluding diaryl/α,β-unsaturated/α-hetero) is 3. The van der Waals surface area contributed by atoms with Crippen LogP contribution in [0.3, 0.4) is 0 Å². The molecule has 2 amide bonds. The van der Waals surface area contributed by atoms with Gasteiger partial charge in [-0.2, -0.15) is 10.1 Å². The normalized spacial score (nSPS) is 26.9. The van der Waals surface area contributed by atoms with Crippen LogP contribution in [0.5, 0.6) is 0 Å². The fraction of sp³-hybridized carbons (Fsp3) is 0.596. The summed E-state index contributed by atoms with van der Waals surface area (Å²) in [5.74, 6) is -8.08. The van der Waals surface area contributed by atoms with Gasteiger partial charge in [0.05, 0.1) is 102 Å². The van der Waals surface area contributed by atoms with Gasteiger partial charge in [0.25, 0.3) is 17.7 Å². The Morgan fingerprint density at radius 3 is 2.26 bits per heavy atom. The Morgan fingerprint density at radius 1 is 0.754 bits per heavy atom. The number of aliphatic hydroxyl groups excluding tert-OH is 2. The number of carbonyl (C=O) groups excluding carboxylic acids is 6. The minimum Gasteiger partial charge on any atom is -0.459 e. The van der Waals surface area contributed by atoms with Crippen molar-refractivity contribution < 1.29 is 91.1 Å². The number of amides is 2. The van der Waals surface area contributed by atoms with Crippen molar-refractivity contribution in [2.24, 2.45) is 35.3 Å². The highest BCUT2D eigenvalue weighted by Gasteiger charge is 2.53. The van der Waals surface area contributed by atoms with Crippen molar-refractivity contribution >= 4 is 75.0 Å². The highest BCUT2D eigenvalue weighted by Crippen LogP contribution is 2.39. The lowest BCUT2D eigenvalue weighted by molar-refractivity contribution is -0.265. The van der Waals surface area contributed by atoms with Crippen LogP contribution in [0, 0.1) is 29.6 Å². The summed E-state index contributed by atoms with van der Waals surface area (Å²) in [5.41, 5.74) is 33.7. The van der Waals surface area contributed by atoms with Crippen LogP contribution in [0.25, 0.3) is 44.5 Å². The van der Waals surface area contributed by atoms with E-state index >= 15 is 0 Å². The Hall–Kier alpha value is -9.90. The van der Waals surface area contributed by atoms with Crippen molar-refractivity contribution in [3.63, 3.8) is 0 Å². The Bertz CT molecular complexity index is 4900. The van der Waals surface area contributed by atoms with Gasteiger partial charge in [-0.3, -0.25) is 33.9 Å². The van der Waals surface area contributed by atoms with E-state index in [1.54, 1.807) is 45.7 Å². The number of hydrogen-bond donors (Lipinski definition) is 9. The van der Waals surface area contributed by atoms with Gasteiger partial charge in [0.15, 0.2) is 17.0 Å². The van der Waals surface area contributed by atoms with Crippen LogP contribution in [-0.2, 0) is 84.6 Å². The van der Waals surface area contributed by atoms with Crippen LogP contribution in [0.4, 0.5) is 17.8 Å². The molecule has 36 heteroatoms. The van der Waals surface area contributed by atoms with Crippen molar-refractivity contribution in [1.82, 2.24) is 65.8 Å². The molecule has 4 fully saturated rings. The number of nitrogen functional groups attached to an aromatic ring is 2. The number of ketones is 3. The van der Waals surface area contributed by atoms with Gasteiger partial charge in [-0.15, -0.1) is 5.53 Å². The number of anilines is 3. The molecule has 3 saturated heterocycles. The molecule has 9 unspecified atom stereocenters. The molecule has 1 saturated carbocycles. The molecule has 12 rings (SSSR count). The number of methoxy groups -OCH3 is 2. The second kappa shape index (κ2) is 48.5. The minimum absolute atomic E-state index is 0.0205. The van der Waals surface area contributed by atoms with Gasteiger partial charge in [-0.1, -0.05) is 82.4 Å². The number of nitrogens with two attached hydrogens (primary N) is 3. The summed E-state index contributed by atoms with van der Waals surface area (Å²) in [7, 11) is 3.20. The maximum Gasteiger partial charge on any atom is 0.329 e. The second-order valence-electron chi connectivity index (χ2n) is 35.2. The molecule has 36 nitrogen and oxygen atoms in total. The molecule has 2 bridgehead atoms. The van der Waals surface area contributed by atoms with Gasteiger partial charge in [-0.25, -0.2) is 29.4 Å². The quantitative estimate of drug-likeness (QED) is 0.00841. The predicted molar refractivity (Wildman–Crippen MR) is 486 cm³/mol. The van der Waals surface area contributed by atoms with E-state index in [1.807, 2.05) is 92.0 Å². The summed E-state index contributed by atoms with van der Waals surface area (Å²) in [5, 5.41) is 45.2. The van der Waals surface area contributed by atoms with E-state index < -0.39 is 95.4 Å². The van der Waals surface area contributed by atoms with Gasteiger partial charge in [-0.05, 0) is 149 Å². The van der Waals surface area contributed by atoms with E-state index in [-0.39, 0.29) is 80.4 Å². The molecule has 5 aliphatic heterocycles. The molecule has 6 aliphatic rings.